The van der Waals surface area contributed by atoms with Crippen LogP contribution in [-0.2, 0) is 0 Å². The van der Waals surface area contributed by atoms with Crippen molar-refractivity contribution < 1.29 is 0 Å². The Morgan fingerprint density at radius 2 is 2.21 bits per heavy atom. The molecule has 0 aliphatic carbocycles. The second kappa shape index (κ2) is 3.88. The van der Waals surface area contributed by atoms with Crippen LogP contribution in [0.15, 0.2) is 24.5 Å². The highest BCUT2D eigenvalue weighted by molar-refractivity contribution is 14.1. The third-order valence-corrected chi connectivity index (χ3v) is 3.19. The summed E-state index contributed by atoms with van der Waals surface area (Å²) in [6.07, 6.45) is 5.38. The highest BCUT2D eigenvalue weighted by atomic mass is 127. The number of halogens is 1. The van der Waals surface area contributed by atoms with Crippen LogP contribution >= 0.6 is 22.6 Å². The molecule has 0 amide bonds. The highest BCUT2D eigenvalue weighted by Gasteiger charge is 2.07. The van der Waals surface area contributed by atoms with E-state index in [-0.39, 0.29) is 0 Å². The minimum Gasteiger partial charge on any atom is -0.306 e. The SMILES string of the molecule is CCC(C)c1cn2cc(I)ccc2n1. The third-order valence-electron chi connectivity index (χ3n) is 2.55. The van der Waals surface area contributed by atoms with Gasteiger partial charge in [-0.05, 0) is 47.1 Å². The molecule has 0 aromatic carbocycles. The molecule has 2 heterocycles. The number of hydrogen-bond acceptors (Lipinski definition) is 1. The number of nitrogens with zero attached hydrogens (tertiary/aromatic N) is 2. The summed E-state index contributed by atoms with van der Waals surface area (Å²) >= 11 is 2.32. The zero-order valence-corrected chi connectivity index (χ0v) is 10.5. The van der Waals surface area contributed by atoms with Crippen molar-refractivity contribution in [2.24, 2.45) is 0 Å². The Bertz CT molecular complexity index is 447. The predicted octanol–water partition coefficient (Wildman–Crippen LogP) is 3.45. The van der Waals surface area contributed by atoms with E-state index in [1.807, 2.05) is 0 Å². The van der Waals surface area contributed by atoms with Crippen LogP contribution in [0, 0.1) is 3.57 Å². The summed E-state index contributed by atoms with van der Waals surface area (Å²) in [5.74, 6) is 0.549. The molecule has 0 bridgehead atoms. The fourth-order valence-corrected chi connectivity index (χ4v) is 1.91. The Hall–Kier alpha value is -0.580. The first kappa shape index (κ1) is 9.96. The molecule has 0 saturated heterocycles. The smallest absolute Gasteiger partial charge is 0.137 e. The van der Waals surface area contributed by atoms with Gasteiger partial charge in [0.2, 0.25) is 0 Å². The summed E-state index contributed by atoms with van der Waals surface area (Å²) in [5, 5.41) is 0. The number of imidazole rings is 1. The molecule has 2 rings (SSSR count). The summed E-state index contributed by atoms with van der Waals surface area (Å²) in [6, 6.07) is 4.15. The van der Waals surface area contributed by atoms with Gasteiger partial charge in [-0.15, -0.1) is 0 Å². The van der Waals surface area contributed by atoms with E-state index >= 15 is 0 Å². The Labute approximate surface area is 97.5 Å². The lowest BCUT2D eigenvalue weighted by Gasteiger charge is -2.01. The summed E-state index contributed by atoms with van der Waals surface area (Å²) in [5.41, 5.74) is 2.23. The van der Waals surface area contributed by atoms with Gasteiger partial charge >= 0.3 is 0 Å². The molecular weight excluding hydrogens is 287 g/mol. The van der Waals surface area contributed by atoms with Gasteiger partial charge < -0.3 is 4.40 Å². The summed E-state index contributed by atoms with van der Waals surface area (Å²) in [4.78, 5) is 4.58. The summed E-state index contributed by atoms with van der Waals surface area (Å²) in [6.45, 7) is 4.41. The van der Waals surface area contributed by atoms with Crippen molar-refractivity contribution in [2.45, 2.75) is 26.2 Å². The lowest BCUT2D eigenvalue weighted by molar-refractivity contribution is 0.714. The van der Waals surface area contributed by atoms with Gasteiger partial charge in [0.25, 0.3) is 0 Å². The number of fused-ring (bicyclic) bond motifs is 1. The normalized spacial score (nSPS) is 13.4. The lowest BCUT2D eigenvalue weighted by Crippen LogP contribution is -1.89. The van der Waals surface area contributed by atoms with Crippen LogP contribution in [0.25, 0.3) is 5.65 Å². The van der Waals surface area contributed by atoms with Gasteiger partial charge in [-0.3, -0.25) is 0 Å². The van der Waals surface area contributed by atoms with E-state index in [1.54, 1.807) is 0 Å². The minimum absolute atomic E-state index is 0.549. The summed E-state index contributed by atoms with van der Waals surface area (Å²) in [7, 11) is 0. The molecule has 2 nitrogen and oxygen atoms in total. The highest BCUT2D eigenvalue weighted by Crippen LogP contribution is 2.18. The molecule has 0 radical (unpaired) electrons. The van der Waals surface area contributed by atoms with Crippen LogP contribution in [0.1, 0.15) is 31.9 Å². The molecule has 3 heteroatoms. The van der Waals surface area contributed by atoms with Crippen molar-refractivity contribution in [1.82, 2.24) is 9.38 Å². The maximum Gasteiger partial charge on any atom is 0.137 e. The van der Waals surface area contributed by atoms with Gasteiger partial charge in [-0.2, -0.15) is 0 Å². The van der Waals surface area contributed by atoms with Crippen LogP contribution in [0.4, 0.5) is 0 Å². The first-order valence-corrected chi connectivity index (χ1v) is 5.92. The van der Waals surface area contributed by atoms with Crippen molar-refractivity contribution in [2.75, 3.05) is 0 Å². The molecule has 1 atom stereocenters. The number of aromatic nitrogens is 2. The topological polar surface area (TPSA) is 17.3 Å². The van der Waals surface area contributed by atoms with Gasteiger partial charge in [0.15, 0.2) is 0 Å². The molecule has 0 aliphatic heterocycles. The van der Waals surface area contributed by atoms with E-state index in [0.717, 1.165) is 12.1 Å². The lowest BCUT2D eigenvalue weighted by atomic mass is 10.1. The van der Waals surface area contributed by atoms with E-state index in [1.165, 1.54) is 9.26 Å². The van der Waals surface area contributed by atoms with Gasteiger partial charge in [-0.25, -0.2) is 4.98 Å². The van der Waals surface area contributed by atoms with Crippen LogP contribution < -0.4 is 0 Å². The van der Waals surface area contributed by atoms with E-state index in [0.29, 0.717) is 5.92 Å². The van der Waals surface area contributed by atoms with Gasteiger partial charge in [0, 0.05) is 16.0 Å². The monoisotopic (exact) mass is 300 g/mol. The molecule has 2 aromatic rings. The maximum atomic E-state index is 4.58. The quantitative estimate of drug-likeness (QED) is 0.777. The Balaban J connectivity index is 2.51. The van der Waals surface area contributed by atoms with E-state index in [9.17, 15) is 0 Å². The first-order chi connectivity index (χ1) is 6.70. The Morgan fingerprint density at radius 3 is 2.93 bits per heavy atom. The molecular formula is C11H13IN2. The Kier molecular flexibility index (Phi) is 2.76. The summed E-state index contributed by atoms with van der Waals surface area (Å²) < 4.78 is 3.34. The first-order valence-electron chi connectivity index (χ1n) is 4.85. The molecule has 0 saturated carbocycles. The van der Waals surface area contributed by atoms with Gasteiger partial charge in [-0.1, -0.05) is 13.8 Å². The average molecular weight is 300 g/mol. The number of hydrogen-bond donors (Lipinski definition) is 0. The second-order valence-electron chi connectivity index (χ2n) is 3.59. The maximum absolute atomic E-state index is 4.58. The zero-order chi connectivity index (χ0) is 10.1. The Morgan fingerprint density at radius 1 is 1.43 bits per heavy atom. The van der Waals surface area contributed by atoms with Crippen molar-refractivity contribution in [3.8, 4) is 0 Å². The molecule has 0 aliphatic rings. The van der Waals surface area contributed by atoms with E-state index < -0.39 is 0 Å². The van der Waals surface area contributed by atoms with Crippen molar-refractivity contribution in [3.63, 3.8) is 0 Å². The fraction of sp³-hybridized carbons (Fsp3) is 0.364. The number of pyridine rings is 1. The van der Waals surface area contributed by atoms with Crippen molar-refractivity contribution >= 4 is 28.2 Å². The van der Waals surface area contributed by atoms with E-state index in [4.69, 9.17) is 0 Å². The molecule has 0 N–H and O–H groups in total. The molecule has 2 aromatic heterocycles. The predicted molar refractivity (Wildman–Crippen MR) is 66.6 cm³/mol. The molecule has 0 fully saturated rings. The number of rotatable bonds is 2. The molecule has 74 valence electrons. The van der Waals surface area contributed by atoms with Crippen LogP contribution in [0.5, 0.6) is 0 Å². The van der Waals surface area contributed by atoms with Gasteiger partial charge in [0.05, 0.1) is 5.69 Å². The largest absolute Gasteiger partial charge is 0.306 e. The van der Waals surface area contributed by atoms with E-state index in [2.05, 4.69) is 70.3 Å². The van der Waals surface area contributed by atoms with Crippen molar-refractivity contribution in [1.29, 1.82) is 0 Å². The zero-order valence-electron chi connectivity index (χ0n) is 8.37. The van der Waals surface area contributed by atoms with Gasteiger partial charge in [0.1, 0.15) is 5.65 Å². The molecule has 14 heavy (non-hydrogen) atoms. The minimum atomic E-state index is 0.549. The van der Waals surface area contributed by atoms with Crippen LogP contribution in [-0.4, -0.2) is 9.38 Å². The van der Waals surface area contributed by atoms with Crippen LogP contribution in [0.3, 0.4) is 0 Å². The average Bonchev–Trinajstić information content (AvgIpc) is 2.59. The fourth-order valence-electron chi connectivity index (χ4n) is 1.43. The second-order valence-corrected chi connectivity index (χ2v) is 4.83. The third kappa shape index (κ3) is 1.78. The molecule has 0 spiro atoms. The standard InChI is InChI=1S/C11H13IN2/c1-3-8(2)10-7-14-6-9(12)4-5-11(14)13-10/h4-8H,3H2,1-2H3. The van der Waals surface area contributed by atoms with Crippen molar-refractivity contribution in [3.05, 3.63) is 33.8 Å². The van der Waals surface area contributed by atoms with Crippen LogP contribution in [0.2, 0.25) is 0 Å². The molecule has 1 unspecified atom stereocenters.